The number of hydrogen-bond donors (Lipinski definition) is 0. The van der Waals surface area contributed by atoms with Crippen LogP contribution in [0.4, 0.5) is 0 Å². The summed E-state index contributed by atoms with van der Waals surface area (Å²) in [5.41, 5.74) is 3.20. The number of hydroxylamine groups is 2. The van der Waals surface area contributed by atoms with Crippen LogP contribution in [0.25, 0.3) is 0 Å². The van der Waals surface area contributed by atoms with E-state index < -0.39 is 23.3 Å². The molecule has 0 aliphatic carbocycles. The summed E-state index contributed by atoms with van der Waals surface area (Å²) in [6.07, 6.45) is 4.14. The van der Waals surface area contributed by atoms with Crippen LogP contribution in [0.15, 0.2) is 104 Å². The van der Waals surface area contributed by atoms with Gasteiger partial charge in [-0.2, -0.15) is 0 Å². The molecule has 0 saturated carbocycles. The molecule has 5 rings (SSSR count). The lowest BCUT2D eigenvalue weighted by atomic mass is 9.77. The van der Waals surface area contributed by atoms with Crippen molar-refractivity contribution in [2.45, 2.75) is 31.2 Å². The molecule has 7 nitrogen and oxygen atoms in total. The third-order valence-corrected chi connectivity index (χ3v) is 6.38. The number of rotatable bonds is 8. The van der Waals surface area contributed by atoms with Gasteiger partial charge in [0, 0.05) is 25.5 Å². The zero-order valence-electron chi connectivity index (χ0n) is 19.6. The highest BCUT2D eigenvalue weighted by molar-refractivity contribution is 6.01. The molecular weight excluding hydrogens is 454 g/mol. The first kappa shape index (κ1) is 23.2. The summed E-state index contributed by atoms with van der Waals surface area (Å²) in [5.74, 6) is -1.62. The number of benzene rings is 3. The lowest BCUT2D eigenvalue weighted by Crippen LogP contribution is -2.36. The van der Waals surface area contributed by atoms with Crippen molar-refractivity contribution >= 4 is 17.8 Å². The van der Waals surface area contributed by atoms with E-state index in [1.54, 1.807) is 6.33 Å². The first-order chi connectivity index (χ1) is 17.6. The van der Waals surface area contributed by atoms with E-state index in [0.717, 1.165) is 16.7 Å². The van der Waals surface area contributed by atoms with Gasteiger partial charge in [0.1, 0.15) is 5.54 Å². The second-order valence-corrected chi connectivity index (χ2v) is 8.63. The Hall–Kier alpha value is -4.52. The van der Waals surface area contributed by atoms with Crippen molar-refractivity contribution in [2.24, 2.45) is 0 Å². The Balaban J connectivity index is 1.49. The standard InChI is InChI=1S/C29H25N3O4/c33-26-17-18-27(34)32(26)36-28(35)19-16-25-20-31(21-30-25)29(22-10-4-1-5-11-22,23-12-6-2-7-13-23)24-14-8-3-9-15-24/h1-15,20-21H,16-19H2. The highest BCUT2D eigenvalue weighted by Gasteiger charge is 2.38. The molecule has 1 aromatic heterocycles. The average Bonchev–Trinajstić information content (AvgIpc) is 3.52. The Morgan fingerprint density at radius 3 is 1.72 bits per heavy atom. The maximum Gasteiger partial charge on any atom is 0.333 e. The quantitative estimate of drug-likeness (QED) is 0.279. The number of imidazole rings is 1. The third kappa shape index (κ3) is 4.31. The molecule has 0 spiro atoms. The van der Waals surface area contributed by atoms with Crippen LogP contribution in [-0.2, 0) is 31.2 Å². The summed E-state index contributed by atoms with van der Waals surface area (Å²) in [6, 6.07) is 30.7. The molecular formula is C29H25N3O4. The van der Waals surface area contributed by atoms with Gasteiger partial charge in [-0.1, -0.05) is 91.0 Å². The van der Waals surface area contributed by atoms with Gasteiger partial charge in [-0.15, -0.1) is 5.06 Å². The van der Waals surface area contributed by atoms with E-state index in [1.165, 1.54) is 0 Å². The fourth-order valence-electron chi connectivity index (χ4n) is 4.70. The molecule has 0 atom stereocenters. The molecule has 2 amide bonds. The Bertz CT molecular complexity index is 1250. The summed E-state index contributed by atoms with van der Waals surface area (Å²) in [5, 5.41) is 0.576. The van der Waals surface area contributed by atoms with Crippen molar-refractivity contribution in [1.82, 2.24) is 14.6 Å². The normalized spacial score (nSPS) is 13.7. The van der Waals surface area contributed by atoms with Gasteiger partial charge in [0.05, 0.1) is 18.4 Å². The van der Waals surface area contributed by atoms with Gasteiger partial charge in [-0.05, 0) is 16.7 Å². The third-order valence-electron chi connectivity index (χ3n) is 6.38. The van der Waals surface area contributed by atoms with Gasteiger partial charge in [-0.3, -0.25) is 9.59 Å². The largest absolute Gasteiger partial charge is 0.333 e. The van der Waals surface area contributed by atoms with Crippen LogP contribution in [0.1, 0.15) is 41.6 Å². The first-order valence-electron chi connectivity index (χ1n) is 11.9. The van der Waals surface area contributed by atoms with Crippen LogP contribution in [-0.4, -0.2) is 32.4 Å². The minimum Gasteiger partial charge on any atom is -0.330 e. The maximum absolute atomic E-state index is 12.3. The summed E-state index contributed by atoms with van der Waals surface area (Å²) < 4.78 is 2.07. The molecule has 1 aliphatic rings. The first-order valence-corrected chi connectivity index (χ1v) is 11.9. The predicted octanol–water partition coefficient (Wildman–Crippen LogP) is 4.26. The van der Waals surface area contributed by atoms with Crippen molar-refractivity contribution in [1.29, 1.82) is 0 Å². The number of nitrogens with zero attached hydrogens (tertiary/aromatic N) is 3. The summed E-state index contributed by atoms with van der Waals surface area (Å²) >= 11 is 0. The molecule has 0 bridgehead atoms. The van der Waals surface area contributed by atoms with Gasteiger partial charge in [0.15, 0.2) is 0 Å². The number of carbonyl (C=O) groups is 3. The van der Waals surface area contributed by atoms with Crippen LogP contribution < -0.4 is 0 Å². The van der Waals surface area contributed by atoms with E-state index in [4.69, 9.17) is 4.84 Å². The number of aromatic nitrogens is 2. The van der Waals surface area contributed by atoms with Gasteiger partial charge in [-0.25, -0.2) is 9.78 Å². The zero-order chi connectivity index (χ0) is 25.0. The number of carbonyl (C=O) groups excluding carboxylic acids is 3. The van der Waals surface area contributed by atoms with Crippen molar-refractivity contribution in [3.8, 4) is 0 Å². The lowest BCUT2D eigenvalue weighted by Gasteiger charge is -2.37. The Labute approximate surface area is 208 Å². The predicted molar refractivity (Wildman–Crippen MR) is 132 cm³/mol. The molecule has 0 radical (unpaired) electrons. The molecule has 7 heteroatoms. The Morgan fingerprint density at radius 1 is 0.778 bits per heavy atom. The Kier molecular flexibility index (Phi) is 6.45. The van der Waals surface area contributed by atoms with Gasteiger partial charge < -0.3 is 9.40 Å². The molecule has 180 valence electrons. The fourth-order valence-corrected chi connectivity index (χ4v) is 4.70. The van der Waals surface area contributed by atoms with Crippen LogP contribution in [0.2, 0.25) is 0 Å². The molecule has 0 N–H and O–H groups in total. The molecule has 2 heterocycles. The van der Waals surface area contributed by atoms with E-state index in [-0.39, 0.29) is 19.3 Å². The van der Waals surface area contributed by atoms with E-state index >= 15 is 0 Å². The van der Waals surface area contributed by atoms with Crippen molar-refractivity contribution < 1.29 is 19.2 Å². The number of hydrogen-bond acceptors (Lipinski definition) is 5. The SMILES string of the molecule is O=C(CCc1cn(C(c2ccccc2)(c2ccccc2)c2ccccc2)cn1)ON1C(=O)CCC1=O. The number of imide groups is 1. The highest BCUT2D eigenvalue weighted by Crippen LogP contribution is 2.40. The topological polar surface area (TPSA) is 81.5 Å². The van der Waals surface area contributed by atoms with E-state index in [9.17, 15) is 14.4 Å². The van der Waals surface area contributed by atoms with Gasteiger partial charge in [0.25, 0.3) is 11.8 Å². The number of aryl methyl sites for hydroxylation is 1. The fraction of sp³-hybridized carbons (Fsp3) is 0.172. The maximum atomic E-state index is 12.3. The summed E-state index contributed by atoms with van der Waals surface area (Å²) in [6.45, 7) is 0. The summed E-state index contributed by atoms with van der Waals surface area (Å²) in [7, 11) is 0. The van der Waals surface area contributed by atoms with Gasteiger partial charge >= 0.3 is 5.97 Å². The molecule has 3 aromatic carbocycles. The number of amides is 2. The minimum absolute atomic E-state index is 0.0108. The van der Waals surface area contributed by atoms with E-state index in [2.05, 4.69) is 45.9 Å². The molecule has 1 saturated heterocycles. The zero-order valence-corrected chi connectivity index (χ0v) is 19.6. The van der Waals surface area contributed by atoms with Crippen molar-refractivity contribution in [2.75, 3.05) is 0 Å². The molecule has 1 fully saturated rings. The van der Waals surface area contributed by atoms with Crippen LogP contribution >= 0.6 is 0 Å². The summed E-state index contributed by atoms with van der Waals surface area (Å²) in [4.78, 5) is 45.4. The molecule has 1 aliphatic heterocycles. The van der Waals surface area contributed by atoms with Crippen LogP contribution in [0.5, 0.6) is 0 Å². The molecule has 0 unspecified atom stereocenters. The smallest absolute Gasteiger partial charge is 0.330 e. The molecule has 36 heavy (non-hydrogen) atoms. The second kappa shape index (κ2) is 10.00. The van der Waals surface area contributed by atoms with E-state index in [1.807, 2.05) is 60.8 Å². The Morgan fingerprint density at radius 2 is 1.25 bits per heavy atom. The average molecular weight is 480 g/mol. The monoisotopic (exact) mass is 479 g/mol. The van der Waals surface area contributed by atoms with Crippen molar-refractivity contribution in [3.63, 3.8) is 0 Å². The highest BCUT2D eigenvalue weighted by atomic mass is 16.7. The van der Waals surface area contributed by atoms with Crippen LogP contribution in [0.3, 0.4) is 0 Å². The van der Waals surface area contributed by atoms with E-state index in [0.29, 0.717) is 17.2 Å². The van der Waals surface area contributed by atoms with Gasteiger partial charge in [0.2, 0.25) is 0 Å². The lowest BCUT2D eigenvalue weighted by molar-refractivity contribution is -0.197. The van der Waals surface area contributed by atoms with Crippen LogP contribution in [0, 0.1) is 0 Å². The second-order valence-electron chi connectivity index (χ2n) is 8.63. The minimum atomic E-state index is -0.691. The van der Waals surface area contributed by atoms with Crippen molar-refractivity contribution in [3.05, 3.63) is 126 Å². The molecule has 4 aromatic rings.